The standard InChI is InChI=1S/C21H26N2O3/c1-15(2)26-17-9-6-8-16(14-17)20-22-19-11-5-4-10-18(19)21(24)23(20)12-7-13-25-3/h4-6,8-11,14-15,20,22H,7,12-13H2,1-3H3. The number of hydrogen-bond donors (Lipinski definition) is 1. The predicted octanol–water partition coefficient (Wildman–Crippen LogP) is 4.08. The van der Waals surface area contributed by atoms with Crippen LogP contribution in [0.2, 0.25) is 0 Å². The maximum Gasteiger partial charge on any atom is 0.257 e. The summed E-state index contributed by atoms with van der Waals surface area (Å²) >= 11 is 0. The van der Waals surface area contributed by atoms with Crippen LogP contribution in [-0.2, 0) is 4.74 Å². The van der Waals surface area contributed by atoms with E-state index in [0.717, 1.165) is 23.4 Å². The molecule has 0 fully saturated rings. The average molecular weight is 354 g/mol. The first-order chi connectivity index (χ1) is 12.6. The van der Waals surface area contributed by atoms with Crippen molar-refractivity contribution < 1.29 is 14.3 Å². The van der Waals surface area contributed by atoms with Crippen molar-refractivity contribution >= 4 is 11.6 Å². The zero-order valence-electron chi connectivity index (χ0n) is 15.6. The van der Waals surface area contributed by atoms with E-state index in [1.165, 1.54) is 0 Å². The quantitative estimate of drug-likeness (QED) is 0.761. The Balaban J connectivity index is 1.93. The summed E-state index contributed by atoms with van der Waals surface area (Å²) in [6.07, 6.45) is 0.653. The summed E-state index contributed by atoms with van der Waals surface area (Å²) in [6, 6.07) is 15.6. The Morgan fingerprint density at radius 1 is 1.15 bits per heavy atom. The molecule has 1 atom stereocenters. The summed E-state index contributed by atoms with van der Waals surface area (Å²) in [5, 5.41) is 3.51. The molecule has 1 unspecified atom stereocenters. The zero-order valence-corrected chi connectivity index (χ0v) is 15.6. The van der Waals surface area contributed by atoms with Gasteiger partial charge in [-0.05, 0) is 50.1 Å². The largest absolute Gasteiger partial charge is 0.491 e. The Labute approximate surface area is 154 Å². The molecular weight excluding hydrogens is 328 g/mol. The van der Waals surface area contributed by atoms with Crippen LogP contribution in [0.1, 0.15) is 42.4 Å². The lowest BCUT2D eigenvalue weighted by Crippen LogP contribution is -2.43. The van der Waals surface area contributed by atoms with Gasteiger partial charge in [-0.3, -0.25) is 4.79 Å². The van der Waals surface area contributed by atoms with Gasteiger partial charge in [0.25, 0.3) is 5.91 Å². The van der Waals surface area contributed by atoms with Gasteiger partial charge in [-0.25, -0.2) is 0 Å². The van der Waals surface area contributed by atoms with Gasteiger partial charge in [-0.1, -0.05) is 24.3 Å². The summed E-state index contributed by atoms with van der Waals surface area (Å²) in [5.41, 5.74) is 2.57. The SMILES string of the molecule is COCCCN1C(=O)c2ccccc2NC1c1cccc(OC(C)C)c1. The number of rotatable bonds is 7. The van der Waals surface area contributed by atoms with Gasteiger partial charge in [0.2, 0.25) is 0 Å². The molecule has 1 aliphatic heterocycles. The second-order valence-corrected chi connectivity index (χ2v) is 6.68. The van der Waals surface area contributed by atoms with Gasteiger partial charge in [0.1, 0.15) is 11.9 Å². The number of nitrogens with one attached hydrogen (secondary N) is 1. The maximum atomic E-state index is 13.1. The molecule has 0 radical (unpaired) electrons. The average Bonchev–Trinajstić information content (AvgIpc) is 2.63. The molecule has 2 aromatic carbocycles. The number of anilines is 1. The van der Waals surface area contributed by atoms with Crippen molar-refractivity contribution in [1.82, 2.24) is 4.90 Å². The molecule has 1 aliphatic rings. The Bertz CT molecular complexity index is 760. The normalized spacial score (nSPS) is 16.4. The number of methoxy groups -OCH3 is 1. The fourth-order valence-corrected chi connectivity index (χ4v) is 3.20. The van der Waals surface area contributed by atoms with Crippen LogP contribution in [0.25, 0.3) is 0 Å². The molecule has 0 saturated heterocycles. The lowest BCUT2D eigenvalue weighted by atomic mass is 10.0. The Hall–Kier alpha value is -2.53. The van der Waals surface area contributed by atoms with Crippen molar-refractivity contribution in [2.45, 2.75) is 32.5 Å². The first kappa shape index (κ1) is 18.3. The third kappa shape index (κ3) is 3.99. The minimum Gasteiger partial charge on any atom is -0.491 e. The van der Waals surface area contributed by atoms with Crippen LogP contribution in [0.15, 0.2) is 48.5 Å². The van der Waals surface area contributed by atoms with E-state index in [4.69, 9.17) is 9.47 Å². The van der Waals surface area contributed by atoms with E-state index < -0.39 is 0 Å². The van der Waals surface area contributed by atoms with E-state index in [1.807, 2.05) is 67.3 Å². The number of carbonyl (C=O) groups is 1. The highest BCUT2D eigenvalue weighted by molar-refractivity contribution is 6.01. The van der Waals surface area contributed by atoms with Gasteiger partial charge in [0.05, 0.1) is 11.7 Å². The van der Waals surface area contributed by atoms with Crippen LogP contribution in [-0.4, -0.2) is 37.2 Å². The Morgan fingerprint density at radius 3 is 2.73 bits per heavy atom. The molecule has 0 spiro atoms. The highest BCUT2D eigenvalue weighted by Crippen LogP contribution is 2.34. The highest BCUT2D eigenvalue weighted by atomic mass is 16.5. The molecule has 1 amide bonds. The highest BCUT2D eigenvalue weighted by Gasteiger charge is 2.32. The molecule has 0 saturated carbocycles. The monoisotopic (exact) mass is 354 g/mol. The number of amides is 1. The van der Waals surface area contributed by atoms with Crippen molar-refractivity contribution in [2.24, 2.45) is 0 Å². The van der Waals surface area contributed by atoms with Crippen molar-refractivity contribution in [3.05, 3.63) is 59.7 Å². The van der Waals surface area contributed by atoms with Crippen LogP contribution in [0.4, 0.5) is 5.69 Å². The molecule has 26 heavy (non-hydrogen) atoms. The fraction of sp³-hybridized carbons (Fsp3) is 0.381. The lowest BCUT2D eigenvalue weighted by Gasteiger charge is -2.38. The predicted molar refractivity (Wildman–Crippen MR) is 103 cm³/mol. The van der Waals surface area contributed by atoms with Crippen LogP contribution >= 0.6 is 0 Å². The van der Waals surface area contributed by atoms with Gasteiger partial charge in [0, 0.05) is 25.9 Å². The zero-order chi connectivity index (χ0) is 18.5. The third-order valence-corrected chi connectivity index (χ3v) is 4.32. The number of fused-ring (bicyclic) bond motifs is 1. The first-order valence-corrected chi connectivity index (χ1v) is 9.02. The van der Waals surface area contributed by atoms with E-state index in [2.05, 4.69) is 5.32 Å². The van der Waals surface area contributed by atoms with Gasteiger partial charge in [-0.15, -0.1) is 0 Å². The topological polar surface area (TPSA) is 50.8 Å². The number of benzene rings is 2. The van der Waals surface area contributed by atoms with Crippen molar-refractivity contribution in [1.29, 1.82) is 0 Å². The van der Waals surface area contributed by atoms with Crippen molar-refractivity contribution in [3.8, 4) is 5.75 Å². The fourth-order valence-electron chi connectivity index (χ4n) is 3.20. The number of hydrogen-bond acceptors (Lipinski definition) is 4. The van der Waals surface area contributed by atoms with Crippen LogP contribution in [0.5, 0.6) is 5.75 Å². The Kier molecular flexibility index (Phi) is 5.78. The van der Waals surface area contributed by atoms with Gasteiger partial charge < -0.3 is 19.7 Å². The molecule has 5 nitrogen and oxygen atoms in total. The molecule has 0 aromatic heterocycles. The first-order valence-electron chi connectivity index (χ1n) is 9.02. The van der Waals surface area contributed by atoms with E-state index in [9.17, 15) is 4.79 Å². The van der Waals surface area contributed by atoms with Crippen molar-refractivity contribution in [2.75, 3.05) is 25.6 Å². The van der Waals surface area contributed by atoms with Gasteiger partial charge in [-0.2, -0.15) is 0 Å². The molecule has 0 aliphatic carbocycles. The molecular formula is C21H26N2O3. The molecule has 0 bridgehead atoms. The van der Waals surface area contributed by atoms with Crippen molar-refractivity contribution in [3.63, 3.8) is 0 Å². The Morgan fingerprint density at radius 2 is 1.96 bits per heavy atom. The number of ether oxygens (including phenoxy) is 2. The van der Waals surface area contributed by atoms with E-state index in [1.54, 1.807) is 7.11 Å². The summed E-state index contributed by atoms with van der Waals surface area (Å²) in [4.78, 5) is 14.9. The lowest BCUT2D eigenvalue weighted by molar-refractivity contribution is 0.0659. The summed E-state index contributed by atoms with van der Waals surface area (Å²) in [7, 11) is 1.68. The van der Waals surface area contributed by atoms with Crippen LogP contribution < -0.4 is 10.1 Å². The molecule has 138 valence electrons. The number of carbonyl (C=O) groups excluding carboxylic acids is 1. The van der Waals surface area contributed by atoms with Gasteiger partial charge >= 0.3 is 0 Å². The second-order valence-electron chi connectivity index (χ2n) is 6.68. The molecule has 3 rings (SSSR count). The summed E-state index contributed by atoms with van der Waals surface area (Å²) in [5.74, 6) is 0.845. The molecule has 5 heteroatoms. The molecule has 1 heterocycles. The minimum absolute atomic E-state index is 0.0376. The third-order valence-electron chi connectivity index (χ3n) is 4.32. The van der Waals surface area contributed by atoms with E-state index in [-0.39, 0.29) is 18.2 Å². The minimum atomic E-state index is -0.232. The number of nitrogens with zero attached hydrogens (tertiary/aromatic N) is 1. The number of para-hydroxylation sites is 1. The molecule has 2 aromatic rings. The smallest absolute Gasteiger partial charge is 0.257 e. The summed E-state index contributed by atoms with van der Waals surface area (Å²) < 4.78 is 11.0. The van der Waals surface area contributed by atoms with Gasteiger partial charge in [0.15, 0.2) is 0 Å². The maximum absolute atomic E-state index is 13.1. The summed E-state index contributed by atoms with van der Waals surface area (Å²) in [6.45, 7) is 5.24. The van der Waals surface area contributed by atoms with Crippen LogP contribution in [0, 0.1) is 0 Å². The van der Waals surface area contributed by atoms with E-state index in [0.29, 0.717) is 18.7 Å². The molecule has 1 N–H and O–H groups in total. The van der Waals surface area contributed by atoms with Crippen LogP contribution in [0.3, 0.4) is 0 Å². The van der Waals surface area contributed by atoms with E-state index >= 15 is 0 Å². The second kappa shape index (κ2) is 8.23.